The van der Waals surface area contributed by atoms with Crippen LogP contribution in [0.1, 0.15) is 12.7 Å². The number of nitrogens with one attached hydrogen (secondary N) is 1. The average Bonchev–Trinajstić information content (AvgIpc) is 3.19. The molecule has 1 N–H and O–H groups in total. The standard InChI is InChI=1S/C18H13F2N3S/c1-2-16-22-17(10-3-4-14-15(7-10)24-9-21-14)18(23-16)11-5-12(19)8-13(20)6-11/h3-9H,2H2,1H3,(H,22,23). The number of benzene rings is 2. The van der Waals surface area contributed by atoms with Crippen LogP contribution in [0.25, 0.3) is 32.7 Å². The topological polar surface area (TPSA) is 41.6 Å². The van der Waals surface area contributed by atoms with Gasteiger partial charge in [0.2, 0.25) is 0 Å². The number of thiazole rings is 1. The third-order valence-electron chi connectivity index (χ3n) is 3.84. The molecule has 0 bridgehead atoms. The molecular weight excluding hydrogens is 328 g/mol. The summed E-state index contributed by atoms with van der Waals surface area (Å²) in [5, 5.41) is 0. The summed E-state index contributed by atoms with van der Waals surface area (Å²) in [7, 11) is 0. The molecule has 0 aliphatic rings. The molecule has 0 atom stereocenters. The van der Waals surface area contributed by atoms with Crippen molar-refractivity contribution >= 4 is 21.6 Å². The Labute approximate surface area is 141 Å². The molecule has 0 amide bonds. The van der Waals surface area contributed by atoms with E-state index in [1.807, 2.05) is 25.1 Å². The van der Waals surface area contributed by atoms with E-state index in [0.717, 1.165) is 33.4 Å². The largest absolute Gasteiger partial charge is 0.341 e. The molecule has 4 aromatic rings. The summed E-state index contributed by atoms with van der Waals surface area (Å²) < 4.78 is 28.3. The lowest BCUT2D eigenvalue weighted by molar-refractivity contribution is 0.584. The summed E-state index contributed by atoms with van der Waals surface area (Å²) in [5.41, 5.74) is 5.36. The quantitative estimate of drug-likeness (QED) is 0.557. The highest BCUT2D eigenvalue weighted by atomic mass is 32.1. The van der Waals surface area contributed by atoms with Gasteiger partial charge in [0.05, 0.1) is 27.1 Å². The molecule has 0 unspecified atom stereocenters. The first kappa shape index (κ1) is 15.0. The van der Waals surface area contributed by atoms with Crippen molar-refractivity contribution < 1.29 is 8.78 Å². The summed E-state index contributed by atoms with van der Waals surface area (Å²) in [4.78, 5) is 12.1. The number of fused-ring (bicyclic) bond motifs is 1. The number of H-pyrrole nitrogens is 1. The Morgan fingerprint density at radius 1 is 1.04 bits per heavy atom. The molecular formula is C18H13F2N3S. The molecule has 2 aromatic carbocycles. The zero-order valence-corrected chi connectivity index (χ0v) is 13.6. The zero-order valence-electron chi connectivity index (χ0n) is 12.8. The van der Waals surface area contributed by atoms with E-state index in [9.17, 15) is 8.78 Å². The lowest BCUT2D eigenvalue weighted by atomic mass is 10.0. The van der Waals surface area contributed by atoms with Gasteiger partial charge in [0, 0.05) is 23.6 Å². The van der Waals surface area contributed by atoms with Crippen LogP contribution < -0.4 is 0 Å². The minimum atomic E-state index is -0.616. The van der Waals surface area contributed by atoms with Gasteiger partial charge >= 0.3 is 0 Å². The van der Waals surface area contributed by atoms with Gasteiger partial charge < -0.3 is 4.98 Å². The Hall–Kier alpha value is -2.60. The van der Waals surface area contributed by atoms with Crippen LogP contribution >= 0.6 is 11.3 Å². The average molecular weight is 341 g/mol. The van der Waals surface area contributed by atoms with E-state index in [-0.39, 0.29) is 0 Å². The monoisotopic (exact) mass is 341 g/mol. The summed E-state index contributed by atoms with van der Waals surface area (Å²) in [6.45, 7) is 1.98. The lowest BCUT2D eigenvalue weighted by Crippen LogP contribution is -1.87. The Bertz CT molecular complexity index is 1020. The molecule has 0 fully saturated rings. The van der Waals surface area contributed by atoms with Gasteiger partial charge in [0.1, 0.15) is 17.5 Å². The fourth-order valence-corrected chi connectivity index (χ4v) is 3.43. The molecule has 0 aliphatic carbocycles. The van der Waals surface area contributed by atoms with Crippen molar-refractivity contribution in [1.82, 2.24) is 15.0 Å². The van der Waals surface area contributed by atoms with E-state index in [2.05, 4.69) is 15.0 Å². The van der Waals surface area contributed by atoms with Crippen LogP contribution in [-0.2, 0) is 6.42 Å². The Balaban J connectivity index is 1.92. The second kappa shape index (κ2) is 5.79. The molecule has 0 aliphatic heterocycles. The maximum absolute atomic E-state index is 13.6. The van der Waals surface area contributed by atoms with Crippen molar-refractivity contribution in [2.75, 3.05) is 0 Å². The highest BCUT2D eigenvalue weighted by molar-refractivity contribution is 7.16. The molecule has 2 aromatic heterocycles. The smallest absolute Gasteiger partial charge is 0.126 e. The molecule has 24 heavy (non-hydrogen) atoms. The first-order valence-corrected chi connectivity index (χ1v) is 8.41. The number of hydrogen-bond donors (Lipinski definition) is 1. The van der Waals surface area contributed by atoms with Gasteiger partial charge in [-0.05, 0) is 24.3 Å². The highest BCUT2D eigenvalue weighted by Crippen LogP contribution is 2.33. The number of aromatic nitrogens is 3. The Morgan fingerprint density at radius 3 is 2.58 bits per heavy atom. The van der Waals surface area contributed by atoms with E-state index in [1.54, 1.807) is 16.8 Å². The van der Waals surface area contributed by atoms with Crippen LogP contribution in [0.4, 0.5) is 8.78 Å². The number of halogens is 2. The molecule has 6 heteroatoms. The number of hydrogen-bond acceptors (Lipinski definition) is 3. The summed E-state index contributed by atoms with van der Waals surface area (Å²) >= 11 is 1.55. The van der Waals surface area contributed by atoms with Gasteiger partial charge in [-0.1, -0.05) is 13.0 Å². The van der Waals surface area contributed by atoms with E-state index < -0.39 is 11.6 Å². The van der Waals surface area contributed by atoms with Gasteiger partial charge in [-0.3, -0.25) is 0 Å². The third-order valence-corrected chi connectivity index (χ3v) is 4.64. The fraction of sp³-hybridized carbons (Fsp3) is 0.111. The molecule has 0 saturated carbocycles. The minimum absolute atomic E-state index is 0.419. The minimum Gasteiger partial charge on any atom is -0.341 e. The maximum atomic E-state index is 13.6. The normalized spacial score (nSPS) is 11.3. The summed E-state index contributed by atoms with van der Waals surface area (Å²) in [5.74, 6) is -0.459. The van der Waals surface area contributed by atoms with E-state index in [4.69, 9.17) is 0 Å². The molecule has 0 saturated heterocycles. The van der Waals surface area contributed by atoms with Crippen LogP contribution in [0.2, 0.25) is 0 Å². The van der Waals surface area contributed by atoms with Gasteiger partial charge in [0.25, 0.3) is 0 Å². The second-order valence-electron chi connectivity index (χ2n) is 5.45. The van der Waals surface area contributed by atoms with Crippen LogP contribution in [0, 0.1) is 11.6 Å². The van der Waals surface area contributed by atoms with E-state index >= 15 is 0 Å². The van der Waals surface area contributed by atoms with Crippen LogP contribution in [-0.4, -0.2) is 15.0 Å². The van der Waals surface area contributed by atoms with Gasteiger partial charge in [-0.2, -0.15) is 0 Å². The number of rotatable bonds is 3. The fourth-order valence-electron chi connectivity index (χ4n) is 2.71. The predicted octanol–water partition coefficient (Wildman–Crippen LogP) is 5.19. The molecule has 3 nitrogen and oxygen atoms in total. The van der Waals surface area contributed by atoms with Crippen molar-refractivity contribution in [3.05, 3.63) is 59.4 Å². The molecule has 0 radical (unpaired) electrons. The van der Waals surface area contributed by atoms with Gasteiger partial charge in [-0.15, -0.1) is 11.3 Å². The Kier molecular flexibility index (Phi) is 3.61. The number of nitrogens with zero attached hydrogens (tertiary/aromatic N) is 2. The molecule has 0 spiro atoms. The molecule has 120 valence electrons. The van der Waals surface area contributed by atoms with Crippen molar-refractivity contribution in [1.29, 1.82) is 0 Å². The number of aryl methyl sites for hydroxylation is 1. The SMILES string of the molecule is CCc1nc(-c2cc(F)cc(F)c2)c(-c2ccc3ncsc3c2)[nH]1. The third kappa shape index (κ3) is 2.59. The predicted molar refractivity (Wildman–Crippen MR) is 91.9 cm³/mol. The maximum Gasteiger partial charge on any atom is 0.126 e. The van der Waals surface area contributed by atoms with Crippen molar-refractivity contribution in [2.45, 2.75) is 13.3 Å². The second-order valence-corrected chi connectivity index (χ2v) is 6.34. The first-order chi connectivity index (χ1) is 11.6. The van der Waals surface area contributed by atoms with Gasteiger partial charge in [0.15, 0.2) is 0 Å². The Morgan fingerprint density at radius 2 is 1.83 bits per heavy atom. The summed E-state index contributed by atoms with van der Waals surface area (Å²) in [6.07, 6.45) is 0.702. The van der Waals surface area contributed by atoms with Crippen LogP contribution in [0.5, 0.6) is 0 Å². The molecule has 2 heterocycles. The highest BCUT2D eigenvalue weighted by Gasteiger charge is 2.16. The lowest BCUT2D eigenvalue weighted by Gasteiger charge is -2.04. The van der Waals surface area contributed by atoms with Gasteiger partial charge in [-0.25, -0.2) is 18.7 Å². The van der Waals surface area contributed by atoms with Crippen molar-refractivity contribution in [3.8, 4) is 22.5 Å². The van der Waals surface area contributed by atoms with E-state index in [0.29, 0.717) is 17.7 Å². The van der Waals surface area contributed by atoms with Crippen molar-refractivity contribution in [2.24, 2.45) is 0 Å². The zero-order chi connectivity index (χ0) is 16.7. The number of aromatic amines is 1. The van der Waals surface area contributed by atoms with Crippen LogP contribution in [0.15, 0.2) is 41.9 Å². The van der Waals surface area contributed by atoms with Crippen molar-refractivity contribution in [3.63, 3.8) is 0 Å². The first-order valence-electron chi connectivity index (χ1n) is 7.53. The molecule has 4 rings (SSSR count). The number of imidazole rings is 1. The summed E-state index contributed by atoms with van der Waals surface area (Å²) in [6, 6.07) is 9.34. The van der Waals surface area contributed by atoms with Crippen LogP contribution in [0.3, 0.4) is 0 Å². The van der Waals surface area contributed by atoms with E-state index in [1.165, 1.54) is 12.1 Å².